The minimum absolute atomic E-state index is 0.454. The number of carbonyl (C=O) groups is 1. The van der Waals surface area contributed by atoms with Crippen LogP contribution in [0.5, 0.6) is 0 Å². The molecule has 0 aliphatic heterocycles. The fourth-order valence-corrected chi connectivity index (χ4v) is 1.39. The first kappa shape index (κ1) is 9.19. The van der Waals surface area contributed by atoms with Crippen molar-refractivity contribution in [2.24, 2.45) is 0 Å². The average Bonchev–Trinajstić information content (AvgIpc) is 2.63. The van der Waals surface area contributed by atoms with Crippen molar-refractivity contribution in [3.05, 3.63) is 11.6 Å². The highest BCUT2D eigenvalue weighted by Gasteiger charge is 2.07. The zero-order chi connectivity index (χ0) is 8.81. The Hall–Kier alpha value is -0.900. The number of hydrogen-bond donors (Lipinski definition) is 1. The monoisotopic (exact) mass is 184 g/mol. The molecule has 0 atom stereocenters. The van der Waals surface area contributed by atoms with Crippen LogP contribution in [0.3, 0.4) is 0 Å². The summed E-state index contributed by atoms with van der Waals surface area (Å²) in [5.41, 5.74) is 5.19. The van der Waals surface area contributed by atoms with Crippen molar-refractivity contribution < 1.29 is 4.79 Å². The molecule has 1 aliphatic carbocycles. The number of rotatable bonds is 0. The predicted molar refractivity (Wildman–Crippen MR) is 50.0 cm³/mol. The Morgan fingerprint density at radius 3 is 2.25 bits per heavy atom. The van der Waals surface area contributed by atoms with Crippen LogP contribution in [0.25, 0.3) is 0 Å². The zero-order valence-electron chi connectivity index (χ0n) is 6.82. The van der Waals surface area contributed by atoms with Gasteiger partial charge in [-0.3, -0.25) is 4.79 Å². The summed E-state index contributed by atoms with van der Waals surface area (Å²) >= 11 is 1.44. The van der Waals surface area contributed by atoms with E-state index in [-0.39, 0.29) is 0 Å². The van der Waals surface area contributed by atoms with Crippen LogP contribution in [0.1, 0.15) is 25.7 Å². The van der Waals surface area contributed by atoms with Gasteiger partial charge in [0.1, 0.15) is 5.78 Å². The van der Waals surface area contributed by atoms with E-state index in [0.717, 1.165) is 25.7 Å². The Kier molecular flexibility index (Phi) is 3.73. The fourth-order valence-electron chi connectivity index (χ4n) is 1.00. The van der Waals surface area contributed by atoms with Gasteiger partial charge in [0.2, 0.25) is 0 Å². The quantitative estimate of drug-likeness (QED) is 0.669. The Balaban J connectivity index is 0.000000120. The maximum atomic E-state index is 10.2. The molecule has 4 heteroatoms. The lowest BCUT2D eigenvalue weighted by Crippen LogP contribution is -1.81. The van der Waals surface area contributed by atoms with Crippen molar-refractivity contribution >= 4 is 22.3 Å². The number of ketones is 1. The number of anilines is 1. The molecule has 1 heterocycles. The molecule has 0 amide bonds. The van der Waals surface area contributed by atoms with E-state index in [1.165, 1.54) is 11.3 Å². The lowest BCUT2D eigenvalue weighted by atomic mass is 10.4. The Bertz CT molecular complexity index is 225. The van der Waals surface area contributed by atoms with Gasteiger partial charge in [-0.15, -0.1) is 11.3 Å². The number of carbonyl (C=O) groups excluding carboxylic acids is 1. The second kappa shape index (κ2) is 4.87. The third kappa shape index (κ3) is 3.48. The van der Waals surface area contributed by atoms with Gasteiger partial charge in [0.15, 0.2) is 5.13 Å². The fraction of sp³-hybridized carbons (Fsp3) is 0.500. The van der Waals surface area contributed by atoms with Gasteiger partial charge in [-0.2, -0.15) is 0 Å². The maximum Gasteiger partial charge on any atom is 0.179 e. The highest BCUT2D eigenvalue weighted by molar-refractivity contribution is 7.13. The summed E-state index contributed by atoms with van der Waals surface area (Å²) in [6, 6.07) is 0. The SMILES string of the molecule is Nc1nccs1.O=C1CCCC1. The molecule has 12 heavy (non-hydrogen) atoms. The number of nitrogen functional groups attached to an aromatic ring is 1. The normalized spacial score (nSPS) is 15.5. The number of hydrogen-bond acceptors (Lipinski definition) is 4. The van der Waals surface area contributed by atoms with Crippen LogP contribution in [0, 0.1) is 0 Å². The first-order valence-electron chi connectivity index (χ1n) is 3.95. The smallest absolute Gasteiger partial charge is 0.179 e. The molecule has 3 nitrogen and oxygen atoms in total. The van der Waals surface area contributed by atoms with Crippen molar-refractivity contribution in [1.29, 1.82) is 0 Å². The summed E-state index contributed by atoms with van der Waals surface area (Å²) in [6.45, 7) is 0. The molecule has 1 saturated carbocycles. The summed E-state index contributed by atoms with van der Waals surface area (Å²) in [6.07, 6.45) is 5.65. The largest absolute Gasteiger partial charge is 0.375 e. The van der Waals surface area contributed by atoms with Crippen LogP contribution in [-0.4, -0.2) is 10.8 Å². The second-order valence-corrected chi connectivity index (χ2v) is 3.54. The number of Topliss-reactive ketones (excluding diaryl/α,β-unsaturated/α-hetero) is 1. The van der Waals surface area contributed by atoms with Crippen molar-refractivity contribution in [3.8, 4) is 0 Å². The number of aromatic nitrogens is 1. The molecule has 1 aromatic rings. The van der Waals surface area contributed by atoms with Gasteiger partial charge in [0.05, 0.1) is 0 Å². The topological polar surface area (TPSA) is 56.0 Å². The van der Waals surface area contributed by atoms with E-state index >= 15 is 0 Å². The number of nitrogens with zero attached hydrogens (tertiary/aromatic N) is 1. The third-order valence-electron chi connectivity index (χ3n) is 1.61. The van der Waals surface area contributed by atoms with E-state index in [0.29, 0.717) is 10.9 Å². The molecular formula is C8H12N2OS. The minimum atomic E-state index is 0.454. The van der Waals surface area contributed by atoms with Crippen molar-refractivity contribution in [1.82, 2.24) is 4.98 Å². The molecule has 2 rings (SSSR count). The van der Waals surface area contributed by atoms with E-state index in [1.54, 1.807) is 6.20 Å². The molecule has 0 bridgehead atoms. The molecule has 0 unspecified atom stereocenters. The van der Waals surface area contributed by atoms with Crippen LogP contribution in [-0.2, 0) is 4.79 Å². The van der Waals surface area contributed by atoms with Crippen LogP contribution in [0.2, 0.25) is 0 Å². The van der Waals surface area contributed by atoms with Crippen LogP contribution in [0.15, 0.2) is 11.6 Å². The highest BCUT2D eigenvalue weighted by Crippen LogP contribution is 2.11. The van der Waals surface area contributed by atoms with Crippen molar-refractivity contribution in [3.63, 3.8) is 0 Å². The van der Waals surface area contributed by atoms with Gasteiger partial charge in [-0.05, 0) is 12.8 Å². The molecular weight excluding hydrogens is 172 g/mol. The van der Waals surface area contributed by atoms with Crippen LogP contribution >= 0.6 is 11.3 Å². The van der Waals surface area contributed by atoms with Gasteiger partial charge in [0, 0.05) is 24.4 Å². The average molecular weight is 184 g/mol. The maximum absolute atomic E-state index is 10.2. The summed E-state index contributed by atoms with van der Waals surface area (Å²) in [7, 11) is 0. The summed E-state index contributed by atoms with van der Waals surface area (Å²) < 4.78 is 0. The molecule has 0 aromatic carbocycles. The second-order valence-electron chi connectivity index (χ2n) is 2.62. The zero-order valence-corrected chi connectivity index (χ0v) is 7.64. The Morgan fingerprint density at radius 1 is 1.42 bits per heavy atom. The van der Waals surface area contributed by atoms with Crippen LogP contribution < -0.4 is 5.73 Å². The molecule has 1 aromatic heterocycles. The predicted octanol–water partition coefficient (Wildman–Crippen LogP) is 1.85. The molecule has 1 fully saturated rings. The summed E-state index contributed by atoms with van der Waals surface area (Å²) in [5.74, 6) is 0.454. The van der Waals surface area contributed by atoms with Gasteiger partial charge in [-0.1, -0.05) is 0 Å². The van der Waals surface area contributed by atoms with E-state index in [9.17, 15) is 4.79 Å². The molecule has 0 spiro atoms. The van der Waals surface area contributed by atoms with Crippen molar-refractivity contribution in [2.45, 2.75) is 25.7 Å². The first-order valence-corrected chi connectivity index (χ1v) is 4.83. The van der Waals surface area contributed by atoms with Gasteiger partial charge in [0.25, 0.3) is 0 Å². The van der Waals surface area contributed by atoms with Crippen LogP contribution in [0.4, 0.5) is 5.13 Å². The Labute approximate surface area is 75.6 Å². The lowest BCUT2D eigenvalue weighted by molar-refractivity contribution is -0.117. The number of thiazole rings is 1. The first-order chi connectivity index (χ1) is 5.79. The minimum Gasteiger partial charge on any atom is -0.375 e. The van der Waals surface area contributed by atoms with E-state index < -0.39 is 0 Å². The summed E-state index contributed by atoms with van der Waals surface area (Å²) in [5, 5.41) is 2.48. The lowest BCUT2D eigenvalue weighted by Gasteiger charge is -1.71. The molecule has 66 valence electrons. The molecule has 0 saturated heterocycles. The van der Waals surface area contributed by atoms with E-state index in [2.05, 4.69) is 4.98 Å². The molecule has 2 N–H and O–H groups in total. The van der Waals surface area contributed by atoms with Crippen molar-refractivity contribution in [2.75, 3.05) is 5.73 Å². The van der Waals surface area contributed by atoms with Gasteiger partial charge >= 0.3 is 0 Å². The third-order valence-corrected chi connectivity index (χ3v) is 2.22. The van der Waals surface area contributed by atoms with Gasteiger partial charge in [-0.25, -0.2) is 4.98 Å². The van der Waals surface area contributed by atoms with E-state index in [1.807, 2.05) is 5.38 Å². The Morgan fingerprint density at radius 2 is 2.08 bits per heavy atom. The molecule has 1 aliphatic rings. The standard InChI is InChI=1S/C5H8O.C3H4N2S/c6-5-3-1-2-4-5;4-3-5-1-2-6-3/h1-4H2;1-2H,(H2,4,5). The summed E-state index contributed by atoms with van der Waals surface area (Å²) in [4.78, 5) is 14.0. The molecule has 0 radical (unpaired) electrons. The highest BCUT2D eigenvalue weighted by atomic mass is 32.1. The van der Waals surface area contributed by atoms with E-state index in [4.69, 9.17) is 5.73 Å². The van der Waals surface area contributed by atoms with Gasteiger partial charge < -0.3 is 5.73 Å². The number of nitrogens with two attached hydrogens (primary N) is 1.